The minimum Gasteiger partial charge on any atom is -0.364 e. The average molecular weight is 258 g/mol. The molecule has 0 saturated carbocycles. The summed E-state index contributed by atoms with van der Waals surface area (Å²) in [5, 5.41) is 11.4. The predicted octanol–water partition coefficient (Wildman–Crippen LogP) is 1.87. The highest BCUT2D eigenvalue weighted by Gasteiger charge is 2.02. The van der Waals surface area contributed by atoms with Crippen LogP contribution in [-0.4, -0.2) is 25.0 Å². The molecule has 0 radical (unpaired) electrons. The average Bonchev–Trinajstić information content (AvgIpc) is 2.81. The van der Waals surface area contributed by atoms with Gasteiger partial charge in [-0.15, -0.1) is 11.7 Å². The molecule has 6 nitrogen and oxygen atoms in total. The van der Waals surface area contributed by atoms with Crippen molar-refractivity contribution >= 4 is 5.82 Å². The lowest BCUT2D eigenvalue weighted by atomic mass is 10.4. The first-order chi connectivity index (χ1) is 9.17. The summed E-state index contributed by atoms with van der Waals surface area (Å²) < 4.78 is 1.81. The third-order valence-electron chi connectivity index (χ3n) is 2.57. The van der Waals surface area contributed by atoms with Crippen LogP contribution >= 0.6 is 0 Å². The summed E-state index contributed by atoms with van der Waals surface area (Å²) in [6, 6.07) is 1.91. The van der Waals surface area contributed by atoms with Crippen molar-refractivity contribution in [3.05, 3.63) is 42.1 Å². The molecule has 6 heteroatoms. The van der Waals surface area contributed by atoms with E-state index >= 15 is 0 Å². The molecule has 0 unspecified atom stereocenters. The van der Waals surface area contributed by atoms with Crippen molar-refractivity contribution in [3.63, 3.8) is 0 Å². The fourth-order valence-corrected chi connectivity index (χ4v) is 1.74. The SMILES string of the molecule is C=CCCn1cc(CNc2cc(C)nc(C)n2)nn1. The Balaban J connectivity index is 1.94. The second-order valence-corrected chi connectivity index (χ2v) is 4.35. The van der Waals surface area contributed by atoms with E-state index in [1.54, 1.807) is 0 Å². The van der Waals surface area contributed by atoms with Gasteiger partial charge in [-0.2, -0.15) is 0 Å². The van der Waals surface area contributed by atoms with E-state index in [1.807, 2.05) is 36.9 Å². The smallest absolute Gasteiger partial charge is 0.130 e. The van der Waals surface area contributed by atoms with E-state index < -0.39 is 0 Å². The molecule has 0 amide bonds. The summed E-state index contributed by atoms with van der Waals surface area (Å²) in [5.74, 6) is 1.57. The van der Waals surface area contributed by atoms with Gasteiger partial charge in [-0.05, 0) is 20.3 Å². The first-order valence-corrected chi connectivity index (χ1v) is 6.23. The Bertz CT molecular complexity index is 540. The molecular weight excluding hydrogens is 240 g/mol. The summed E-state index contributed by atoms with van der Waals surface area (Å²) in [6.07, 6.45) is 4.68. The van der Waals surface area contributed by atoms with Gasteiger partial charge < -0.3 is 5.32 Å². The van der Waals surface area contributed by atoms with Crippen LogP contribution in [0, 0.1) is 13.8 Å². The van der Waals surface area contributed by atoms with Crippen molar-refractivity contribution in [2.45, 2.75) is 33.4 Å². The van der Waals surface area contributed by atoms with Gasteiger partial charge >= 0.3 is 0 Å². The normalized spacial score (nSPS) is 10.4. The minimum absolute atomic E-state index is 0.601. The van der Waals surface area contributed by atoms with Gasteiger partial charge in [-0.25, -0.2) is 9.97 Å². The zero-order valence-corrected chi connectivity index (χ0v) is 11.3. The summed E-state index contributed by atoms with van der Waals surface area (Å²) >= 11 is 0. The van der Waals surface area contributed by atoms with Crippen LogP contribution in [0.1, 0.15) is 23.6 Å². The molecular formula is C13H18N6. The van der Waals surface area contributed by atoms with E-state index in [1.165, 1.54) is 0 Å². The van der Waals surface area contributed by atoms with Gasteiger partial charge in [0.15, 0.2) is 0 Å². The van der Waals surface area contributed by atoms with Crippen molar-refractivity contribution in [1.82, 2.24) is 25.0 Å². The molecule has 2 rings (SSSR count). The molecule has 0 atom stereocenters. The van der Waals surface area contributed by atoms with Crippen LogP contribution in [0.15, 0.2) is 24.9 Å². The maximum absolute atomic E-state index is 4.32. The second kappa shape index (κ2) is 6.08. The van der Waals surface area contributed by atoms with Gasteiger partial charge in [0.1, 0.15) is 17.3 Å². The summed E-state index contributed by atoms with van der Waals surface area (Å²) in [4.78, 5) is 8.55. The number of hydrogen-bond acceptors (Lipinski definition) is 5. The first-order valence-electron chi connectivity index (χ1n) is 6.23. The lowest BCUT2D eigenvalue weighted by Gasteiger charge is -2.04. The summed E-state index contributed by atoms with van der Waals surface area (Å²) in [6.45, 7) is 8.92. The number of allylic oxidation sites excluding steroid dienone is 1. The van der Waals surface area contributed by atoms with Gasteiger partial charge in [-0.3, -0.25) is 4.68 Å². The number of aromatic nitrogens is 5. The molecule has 2 aromatic heterocycles. The Morgan fingerprint density at radius 1 is 1.37 bits per heavy atom. The van der Waals surface area contributed by atoms with E-state index in [0.717, 1.165) is 36.0 Å². The largest absolute Gasteiger partial charge is 0.364 e. The first kappa shape index (κ1) is 13.2. The van der Waals surface area contributed by atoms with Crippen molar-refractivity contribution in [1.29, 1.82) is 0 Å². The molecule has 100 valence electrons. The molecule has 0 aromatic carbocycles. The standard InChI is InChI=1S/C13H18N6/c1-4-5-6-19-9-12(17-18-19)8-14-13-7-10(2)15-11(3)16-13/h4,7,9H,1,5-6,8H2,2-3H3,(H,14,15,16). The fourth-order valence-electron chi connectivity index (χ4n) is 1.74. The van der Waals surface area contributed by atoms with E-state index in [9.17, 15) is 0 Å². The van der Waals surface area contributed by atoms with Crippen LogP contribution in [0.25, 0.3) is 0 Å². The van der Waals surface area contributed by atoms with Gasteiger partial charge in [0.25, 0.3) is 0 Å². The molecule has 2 aromatic rings. The number of hydrogen-bond donors (Lipinski definition) is 1. The third-order valence-corrected chi connectivity index (χ3v) is 2.57. The Kier molecular flexibility index (Phi) is 4.22. The van der Waals surface area contributed by atoms with Gasteiger partial charge in [0.2, 0.25) is 0 Å². The van der Waals surface area contributed by atoms with E-state index in [4.69, 9.17) is 0 Å². The maximum atomic E-state index is 4.32. The molecule has 0 saturated heterocycles. The minimum atomic E-state index is 0.601. The zero-order valence-electron chi connectivity index (χ0n) is 11.3. The monoisotopic (exact) mass is 258 g/mol. The molecule has 0 spiro atoms. The van der Waals surface area contributed by atoms with Crippen LogP contribution in [0.3, 0.4) is 0 Å². The summed E-state index contributed by atoms with van der Waals surface area (Å²) in [5.41, 5.74) is 1.84. The van der Waals surface area contributed by atoms with Gasteiger partial charge in [-0.1, -0.05) is 11.3 Å². The number of aryl methyl sites for hydroxylation is 3. The fraction of sp³-hybridized carbons (Fsp3) is 0.385. The zero-order chi connectivity index (χ0) is 13.7. The maximum Gasteiger partial charge on any atom is 0.130 e. The number of rotatable bonds is 6. The van der Waals surface area contributed by atoms with E-state index in [-0.39, 0.29) is 0 Å². The molecule has 0 aliphatic carbocycles. The Morgan fingerprint density at radius 2 is 2.21 bits per heavy atom. The van der Waals surface area contributed by atoms with Gasteiger partial charge in [0.05, 0.1) is 12.7 Å². The van der Waals surface area contributed by atoms with Crippen LogP contribution < -0.4 is 5.32 Å². The second-order valence-electron chi connectivity index (χ2n) is 4.35. The number of nitrogens with one attached hydrogen (secondary N) is 1. The molecule has 0 aliphatic heterocycles. The van der Waals surface area contributed by atoms with Crippen LogP contribution in [0.4, 0.5) is 5.82 Å². The Hall–Kier alpha value is -2.24. The molecule has 0 fully saturated rings. The van der Waals surface area contributed by atoms with Crippen molar-refractivity contribution in [3.8, 4) is 0 Å². The Labute approximate surface area is 112 Å². The summed E-state index contributed by atoms with van der Waals surface area (Å²) in [7, 11) is 0. The number of anilines is 1. The topological polar surface area (TPSA) is 68.5 Å². The molecule has 19 heavy (non-hydrogen) atoms. The lowest BCUT2D eigenvalue weighted by molar-refractivity contribution is 0.597. The Morgan fingerprint density at radius 3 is 2.95 bits per heavy atom. The highest BCUT2D eigenvalue weighted by atomic mass is 15.4. The van der Waals surface area contributed by atoms with Crippen molar-refractivity contribution < 1.29 is 0 Å². The van der Waals surface area contributed by atoms with E-state index in [0.29, 0.717) is 6.54 Å². The van der Waals surface area contributed by atoms with Crippen LogP contribution in [0.2, 0.25) is 0 Å². The van der Waals surface area contributed by atoms with Gasteiger partial charge in [0, 0.05) is 18.3 Å². The van der Waals surface area contributed by atoms with Crippen molar-refractivity contribution in [2.75, 3.05) is 5.32 Å². The van der Waals surface area contributed by atoms with Crippen LogP contribution in [0.5, 0.6) is 0 Å². The van der Waals surface area contributed by atoms with Crippen LogP contribution in [-0.2, 0) is 13.1 Å². The van der Waals surface area contributed by atoms with Crippen molar-refractivity contribution in [2.24, 2.45) is 0 Å². The molecule has 0 bridgehead atoms. The molecule has 1 N–H and O–H groups in total. The molecule has 0 aliphatic rings. The van der Waals surface area contributed by atoms with E-state index in [2.05, 4.69) is 32.2 Å². The highest BCUT2D eigenvalue weighted by Crippen LogP contribution is 2.07. The third kappa shape index (κ3) is 3.87. The molecule has 2 heterocycles. The lowest BCUT2D eigenvalue weighted by Crippen LogP contribution is -2.04. The quantitative estimate of drug-likeness (QED) is 0.801. The highest BCUT2D eigenvalue weighted by molar-refractivity contribution is 5.35. The predicted molar refractivity (Wildman–Crippen MR) is 73.7 cm³/mol. The number of nitrogens with zero attached hydrogens (tertiary/aromatic N) is 5.